The third-order valence-corrected chi connectivity index (χ3v) is 3.80. The van der Waals surface area contributed by atoms with Crippen LogP contribution in [0.4, 0.5) is 4.39 Å². The van der Waals surface area contributed by atoms with E-state index in [1.165, 1.54) is 25.3 Å². The molecule has 0 bridgehead atoms. The van der Waals surface area contributed by atoms with Gasteiger partial charge in [0.15, 0.2) is 0 Å². The Balaban J connectivity index is 2.79. The van der Waals surface area contributed by atoms with Crippen LogP contribution < -0.4 is 5.73 Å². The number of nitrogens with two attached hydrogens (primary N) is 1. The van der Waals surface area contributed by atoms with E-state index >= 15 is 0 Å². The zero-order valence-electron chi connectivity index (χ0n) is 12.9. The van der Waals surface area contributed by atoms with E-state index in [1.807, 2.05) is 6.07 Å². The maximum atomic E-state index is 14.4. The maximum Gasteiger partial charge on any atom is 0.338 e. The molecular formula is C16H14ClFN2O4. The van der Waals surface area contributed by atoms with Gasteiger partial charge in [0.1, 0.15) is 29.8 Å². The van der Waals surface area contributed by atoms with Crippen LogP contribution in [-0.4, -0.2) is 26.8 Å². The molecule has 1 aromatic carbocycles. The van der Waals surface area contributed by atoms with Crippen LogP contribution in [-0.2, 0) is 19.0 Å². The van der Waals surface area contributed by atoms with E-state index in [0.717, 1.165) is 7.11 Å². The Hall–Kier alpha value is -2.56. The number of carbonyl (C=O) groups is 1. The molecule has 126 valence electrons. The van der Waals surface area contributed by atoms with Crippen LogP contribution in [0.5, 0.6) is 0 Å². The quantitative estimate of drug-likeness (QED) is 0.836. The number of nitriles is 1. The molecule has 2 rings (SSSR count). The SMILES string of the molecule is COCC1=C(C(=O)OC)[C@@H](c2c(F)cccc2Cl)C(C#N)=C(N)O1. The first-order valence-corrected chi connectivity index (χ1v) is 7.15. The summed E-state index contributed by atoms with van der Waals surface area (Å²) in [5.74, 6) is -2.86. The van der Waals surface area contributed by atoms with Gasteiger partial charge in [0.2, 0.25) is 5.88 Å². The Labute approximate surface area is 142 Å². The van der Waals surface area contributed by atoms with Crippen LogP contribution in [0.15, 0.2) is 41.0 Å². The predicted octanol–water partition coefficient (Wildman–Crippen LogP) is 2.36. The number of esters is 1. The number of ether oxygens (including phenoxy) is 3. The number of nitrogens with zero attached hydrogens (tertiary/aromatic N) is 1. The second-order valence-electron chi connectivity index (χ2n) is 4.82. The van der Waals surface area contributed by atoms with Crippen molar-refractivity contribution in [1.29, 1.82) is 5.26 Å². The smallest absolute Gasteiger partial charge is 0.338 e. The van der Waals surface area contributed by atoms with Crippen LogP contribution in [0.25, 0.3) is 0 Å². The van der Waals surface area contributed by atoms with Crippen molar-refractivity contribution in [3.05, 3.63) is 57.4 Å². The fraction of sp³-hybridized carbons (Fsp3) is 0.250. The summed E-state index contributed by atoms with van der Waals surface area (Å²) < 4.78 is 29.5. The molecule has 1 aliphatic heterocycles. The third-order valence-electron chi connectivity index (χ3n) is 3.47. The molecule has 24 heavy (non-hydrogen) atoms. The molecule has 1 aromatic rings. The molecule has 0 unspecified atom stereocenters. The van der Waals surface area contributed by atoms with Gasteiger partial charge in [-0.15, -0.1) is 0 Å². The van der Waals surface area contributed by atoms with Crippen molar-refractivity contribution < 1.29 is 23.4 Å². The predicted molar refractivity (Wildman–Crippen MR) is 83.0 cm³/mol. The average molecular weight is 353 g/mol. The molecule has 1 heterocycles. The lowest BCUT2D eigenvalue weighted by Crippen LogP contribution is -2.28. The van der Waals surface area contributed by atoms with Crippen LogP contribution >= 0.6 is 11.6 Å². The number of hydrogen-bond donors (Lipinski definition) is 1. The number of carbonyl (C=O) groups excluding carboxylic acids is 1. The van der Waals surface area contributed by atoms with Crippen molar-refractivity contribution >= 4 is 17.6 Å². The van der Waals surface area contributed by atoms with Gasteiger partial charge in [-0.05, 0) is 12.1 Å². The minimum absolute atomic E-state index is 0.0326. The molecule has 8 heteroatoms. The highest BCUT2D eigenvalue weighted by Crippen LogP contribution is 2.43. The van der Waals surface area contributed by atoms with Gasteiger partial charge in [-0.1, -0.05) is 17.7 Å². The number of halogens is 2. The van der Waals surface area contributed by atoms with Crippen molar-refractivity contribution in [3.63, 3.8) is 0 Å². The maximum absolute atomic E-state index is 14.4. The van der Waals surface area contributed by atoms with Crippen molar-refractivity contribution in [2.45, 2.75) is 5.92 Å². The molecule has 0 spiro atoms. The standard InChI is InChI=1S/C16H14ClFN2O4/c1-22-7-11-14(16(21)23-2)12(8(6-19)15(20)24-11)13-9(17)4-3-5-10(13)18/h3-5,12H,7,20H2,1-2H3/t12-/m1/s1. The van der Waals surface area contributed by atoms with Crippen molar-refractivity contribution in [1.82, 2.24) is 0 Å². The lowest BCUT2D eigenvalue weighted by atomic mass is 9.82. The fourth-order valence-electron chi connectivity index (χ4n) is 2.47. The van der Waals surface area contributed by atoms with Crippen LogP contribution in [0.1, 0.15) is 11.5 Å². The van der Waals surface area contributed by atoms with Crippen molar-refractivity contribution in [3.8, 4) is 6.07 Å². The summed E-state index contributed by atoms with van der Waals surface area (Å²) in [5, 5.41) is 9.47. The summed E-state index contributed by atoms with van der Waals surface area (Å²) >= 11 is 6.11. The summed E-state index contributed by atoms with van der Waals surface area (Å²) in [7, 11) is 2.55. The zero-order chi connectivity index (χ0) is 17.9. The van der Waals surface area contributed by atoms with E-state index in [4.69, 9.17) is 31.5 Å². The van der Waals surface area contributed by atoms with Crippen LogP contribution in [0, 0.1) is 17.1 Å². The monoisotopic (exact) mass is 352 g/mol. The lowest BCUT2D eigenvalue weighted by molar-refractivity contribution is -0.136. The first kappa shape index (κ1) is 17.8. The van der Waals surface area contributed by atoms with E-state index in [0.29, 0.717) is 0 Å². The van der Waals surface area contributed by atoms with Gasteiger partial charge < -0.3 is 19.9 Å². The molecule has 0 aromatic heterocycles. The van der Waals surface area contributed by atoms with Crippen LogP contribution in [0.3, 0.4) is 0 Å². The Kier molecular flexibility index (Phi) is 5.44. The summed E-state index contributed by atoms with van der Waals surface area (Å²) in [6, 6.07) is 5.89. The van der Waals surface area contributed by atoms with E-state index in [2.05, 4.69) is 0 Å². The Bertz CT molecular complexity index is 763. The normalized spacial score (nSPS) is 17.4. The molecule has 0 saturated heterocycles. The minimum atomic E-state index is -1.16. The molecule has 1 aliphatic rings. The van der Waals surface area contributed by atoms with E-state index in [-0.39, 0.29) is 40.0 Å². The number of benzene rings is 1. The molecule has 0 radical (unpaired) electrons. The number of hydrogen-bond acceptors (Lipinski definition) is 6. The lowest BCUT2D eigenvalue weighted by Gasteiger charge is -2.28. The Morgan fingerprint density at radius 3 is 2.75 bits per heavy atom. The van der Waals surface area contributed by atoms with Crippen molar-refractivity contribution in [2.75, 3.05) is 20.8 Å². The number of rotatable bonds is 4. The van der Waals surface area contributed by atoms with Gasteiger partial charge in [0.05, 0.1) is 18.6 Å². The van der Waals surface area contributed by atoms with E-state index in [1.54, 1.807) is 0 Å². The minimum Gasteiger partial charge on any atom is -0.466 e. The highest BCUT2D eigenvalue weighted by molar-refractivity contribution is 6.31. The first-order valence-electron chi connectivity index (χ1n) is 6.78. The van der Waals surface area contributed by atoms with Gasteiger partial charge in [-0.3, -0.25) is 0 Å². The largest absolute Gasteiger partial charge is 0.466 e. The summed E-state index contributed by atoms with van der Waals surface area (Å²) in [5.41, 5.74) is 5.49. The topological polar surface area (TPSA) is 94.6 Å². The molecule has 6 nitrogen and oxygen atoms in total. The van der Waals surface area contributed by atoms with Crippen LogP contribution in [0.2, 0.25) is 5.02 Å². The highest BCUT2D eigenvalue weighted by Gasteiger charge is 2.39. The van der Waals surface area contributed by atoms with Gasteiger partial charge >= 0.3 is 5.97 Å². The summed E-state index contributed by atoms with van der Waals surface area (Å²) in [6.07, 6.45) is 0. The Morgan fingerprint density at radius 2 is 2.21 bits per heavy atom. The molecule has 2 N–H and O–H groups in total. The molecular weight excluding hydrogens is 339 g/mol. The van der Waals surface area contributed by atoms with Gasteiger partial charge in [-0.25, -0.2) is 9.18 Å². The van der Waals surface area contributed by atoms with Gasteiger partial charge in [-0.2, -0.15) is 5.26 Å². The number of methoxy groups -OCH3 is 2. The van der Waals surface area contributed by atoms with Crippen molar-refractivity contribution in [2.24, 2.45) is 5.73 Å². The second kappa shape index (κ2) is 7.34. The second-order valence-corrected chi connectivity index (χ2v) is 5.23. The molecule has 0 amide bonds. The first-order chi connectivity index (χ1) is 11.5. The Morgan fingerprint density at radius 1 is 1.50 bits per heavy atom. The molecule has 0 aliphatic carbocycles. The fourth-order valence-corrected chi connectivity index (χ4v) is 2.74. The number of allylic oxidation sites excluding steroid dienone is 1. The summed E-state index contributed by atoms with van der Waals surface area (Å²) in [4.78, 5) is 12.3. The third kappa shape index (κ3) is 3.07. The van der Waals surface area contributed by atoms with E-state index in [9.17, 15) is 14.4 Å². The zero-order valence-corrected chi connectivity index (χ0v) is 13.7. The summed E-state index contributed by atoms with van der Waals surface area (Å²) in [6.45, 7) is -0.119. The average Bonchev–Trinajstić information content (AvgIpc) is 2.54. The highest BCUT2D eigenvalue weighted by atomic mass is 35.5. The molecule has 0 fully saturated rings. The molecule has 1 atom stereocenters. The van der Waals surface area contributed by atoms with Gasteiger partial charge in [0.25, 0.3) is 0 Å². The van der Waals surface area contributed by atoms with Gasteiger partial charge in [0, 0.05) is 17.7 Å². The van der Waals surface area contributed by atoms with E-state index < -0.39 is 17.7 Å². The molecule has 0 saturated carbocycles.